The second-order valence-corrected chi connectivity index (χ2v) is 8.49. The molecule has 0 aliphatic carbocycles. The summed E-state index contributed by atoms with van der Waals surface area (Å²) in [6, 6.07) is 21.9. The molecule has 0 aliphatic heterocycles. The van der Waals surface area contributed by atoms with E-state index in [1.807, 2.05) is 41.9 Å². The van der Waals surface area contributed by atoms with Crippen LogP contribution in [0.2, 0.25) is 0 Å². The topological polar surface area (TPSA) is 77.5 Å². The van der Waals surface area contributed by atoms with Crippen molar-refractivity contribution in [2.75, 3.05) is 0 Å². The van der Waals surface area contributed by atoms with Crippen LogP contribution in [0.5, 0.6) is 0 Å². The van der Waals surface area contributed by atoms with Crippen molar-refractivity contribution in [1.29, 1.82) is 0 Å². The van der Waals surface area contributed by atoms with Gasteiger partial charge in [-0.15, -0.1) is 0 Å². The van der Waals surface area contributed by atoms with Crippen molar-refractivity contribution in [2.45, 2.75) is 13.8 Å². The molecular weight excluding hydrogens is 422 g/mol. The quantitative estimate of drug-likeness (QED) is 0.300. The Morgan fingerprint density at radius 2 is 1.69 bits per heavy atom. The number of thiazole rings is 1. The van der Waals surface area contributed by atoms with Gasteiger partial charge in [0.25, 0.3) is 11.6 Å². The van der Waals surface area contributed by atoms with E-state index < -0.39 is 10.8 Å². The first-order chi connectivity index (χ1) is 15.3. The Morgan fingerprint density at radius 1 is 0.938 bits per heavy atom. The zero-order chi connectivity index (χ0) is 22.8. The zero-order valence-corrected chi connectivity index (χ0v) is 18.7. The predicted octanol–water partition coefficient (Wildman–Crippen LogP) is 5.69. The Hall–Kier alpha value is -3.84. The molecular formula is C25H21N3O3S. The summed E-state index contributed by atoms with van der Waals surface area (Å²) < 4.78 is 1.91. The summed E-state index contributed by atoms with van der Waals surface area (Å²) in [7, 11) is 1.88. The second-order valence-electron chi connectivity index (χ2n) is 7.51. The molecule has 7 heteroatoms. The van der Waals surface area contributed by atoms with Crippen molar-refractivity contribution in [3.8, 4) is 21.7 Å². The van der Waals surface area contributed by atoms with E-state index in [-0.39, 0.29) is 11.3 Å². The summed E-state index contributed by atoms with van der Waals surface area (Å²) in [6.07, 6.45) is 0. The third-order valence-corrected chi connectivity index (χ3v) is 6.53. The largest absolute Gasteiger partial charge is 0.319 e. The van der Waals surface area contributed by atoms with Gasteiger partial charge < -0.3 is 4.57 Å². The van der Waals surface area contributed by atoms with Gasteiger partial charge in [0.2, 0.25) is 0 Å². The normalized spacial score (nSPS) is 11.5. The van der Waals surface area contributed by atoms with Crippen molar-refractivity contribution in [3.63, 3.8) is 0 Å². The van der Waals surface area contributed by atoms with Crippen LogP contribution in [0.1, 0.15) is 21.5 Å². The number of carbonyl (C=O) groups excluding carboxylic acids is 1. The standard InChI is InChI=1S/C25H21N3O3S/c1-16-12-13-19(14-17(16)2)22-23(18-8-5-4-6-9-18)32-25(27(22)3)26-24(29)20-10-7-11-21(15-20)28(30)31/h4-15H,1-3H3. The third kappa shape index (κ3) is 4.15. The van der Waals surface area contributed by atoms with Crippen LogP contribution in [-0.4, -0.2) is 15.4 Å². The lowest BCUT2D eigenvalue weighted by molar-refractivity contribution is -0.384. The maximum absolute atomic E-state index is 12.8. The molecule has 0 bridgehead atoms. The first kappa shape index (κ1) is 21.4. The van der Waals surface area contributed by atoms with Gasteiger partial charge in [0, 0.05) is 24.7 Å². The van der Waals surface area contributed by atoms with Gasteiger partial charge in [-0.05, 0) is 48.2 Å². The van der Waals surface area contributed by atoms with Crippen molar-refractivity contribution in [2.24, 2.45) is 12.0 Å². The van der Waals surface area contributed by atoms with Gasteiger partial charge in [-0.1, -0.05) is 59.9 Å². The molecule has 0 radical (unpaired) electrons. The molecule has 4 rings (SSSR count). The lowest BCUT2D eigenvalue weighted by atomic mass is 10.0. The van der Waals surface area contributed by atoms with Crippen LogP contribution < -0.4 is 4.80 Å². The number of carbonyl (C=O) groups is 1. The van der Waals surface area contributed by atoms with Crippen LogP contribution in [0.25, 0.3) is 21.7 Å². The Kier molecular flexibility index (Phi) is 5.83. The third-order valence-electron chi connectivity index (χ3n) is 5.35. The minimum Gasteiger partial charge on any atom is -0.319 e. The molecule has 1 heterocycles. The summed E-state index contributed by atoms with van der Waals surface area (Å²) in [4.78, 5) is 29.2. The number of benzene rings is 3. The van der Waals surface area contributed by atoms with Crippen LogP contribution in [-0.2, 0) is 7.05 Å². The zero-order valence-electron chi connectivity index (χ0n) is 17.9. The lowest BCUT2D eigenvalue weighted by Crippen LogP contribution is -2.14. The number of aromatic nitrogens is 1. The average Bonchev–Trinajstić information content (AvgIpc) is 3.12. The van der Waals surface area contributed by atoms with Crippen LogP contribution in [0.4, 0.5) is 5.69 Å². The molecule has 0 N–H and O–H groups in total. The molecule has 0 aliphatic rings. The summed E-state index contributed by atoms with van der Waals surface area (Å²) in [5.41, 5.74) is 5.47. The molecule has 0 saturated carbocycles. The van der Waals surface area contributed by atoms with Crippen molar-refractivity contribution < 1.29 is 9.72 Å². The summed E-state index contributed by atoms with van der Waals surface area (Å²) >= 11 is 1.42. The highest BCUT2D eigenvalue weighted by Gasteiger charge is 2.17. The number of hydrogen-bond donors (Lipinski definition) is 0. The Morgan fingerprint density at radius 3 is 2.38 bits per heavy atom. The number of amides is 1. The van der Waals surface area contributed by atoms with Gasteiger partial charge in [-0.25, -0.2) is 0 Å². The maximum atomic E-state index is 12.8. The maximum Gasteiger partial charge on any atom is 0.279 e. The van der Waals surface area contributed by atoms with Crippen LogP contribution >= 0.6 is 11.3 Å². The molecule has 6 nitrogen and oxygen atoms in total. The molecule has 0 saturated heterocycles. The van der Waals surface area contributed by atoms with E-state index in [4.69, 9.17) is 0 Å². The second kappa shape index (κ2) is 8.72. The molecule has 0 spiro atoms. The summed E-state index contributed by atoms with van der Waals surface area (Å²) in [5, 5.41) is 11.1. The van der Waals surface area contributed by atoms with Gasteiger partial charge in [-0.3, -0.25) is 14.9 Å². The molecule has 0 unspecified atom stereocenters. The first-order valence-corrected chi connectivity index (χ1v) is 10.8. The number of rotatable bonds is 4. The number of nitrogens with zero attached hydrogens (tertiary/aromatic N) is 3. The molecule has 4 aromatic rings. The van der Waals surface area contributed by atoms with Gasteiger partial charge in [0.1, 0.15) is 0 Å². The lowest BCUT2D eigenvalue weighted by Gasteiger charge is -2.09. The van der Waals surface area contributed by atoms with E-state index in [1.54, 1.807) is 0 Å². The molecule has 1 amide bonds. The average molecular weight is 444 g/mol. The van der Waals surface area contributed by atoms with Crippen molar-refractivity contribution in [3.05, 3.63) is 104 Å². The molecule has 32 heavy (non-hydrogen) atoms. The fourth-order valence-corrected chi connectivity index (χ4v) is 4.60. The minimum atomic E-state index is -0.521. The van der Waals surface area contributed by atoms with E-state index in [9.17, 15) is 14.9 Å². The summed E-state index contributed by atoms with van der Waals surface area (Å²) in [5.74, 6) is -0.517. The van der Waals surface area contributed by atoms with E-state index >= 15 is 0 Å². The van der Waals surface area contributed by atoms with Crippen LogP contribution in [0, 0.1) is 24.0 Å². The highest BCUT2D eigenvalue weighted by molar-refractivity contribution is 7.13. The minimum absolute atomic E-state index is 0.137. The SMILES string of the molecule is Cc1ccc(-c2c(-c3ccccc3)sc(=NC(=O)c3cccc([N+](=O)[O-])c3)n2C)cc1C. The monoisotopic (exact) mass is 443 g/mol. The van der Waals surface area contributed by atoms with E-state index in [1.165, 1.54) is 46.7 Å². The van der Waals surface area contributed by atoms with E-state index in [0.29, 0.717) is 4.80 Å². The van der Waals surface area contributed by atoms with Crippen molar-refractivity contribution >= 4 is 22.9 Å². The number of nitro benzene ring substituents is 1. The Balaban J connectivity index is 1.89. The predicted molar refractivity (Wildman–Crippen MR) is 127 cm³/mol. The number of aryl methyl sites for hydroxylation is 2. The van der Waals surface area contributed by atoms with Crippen LogP contribution in [0.15, 0.2) is 77.8 Å². The van der Waals surface area contributed by atoms with E-state index in [0.717, 1.165) is 21.7 Å². The fourth-order valence-electron chi connectivity index (χ4n) is 3.46. The number of non-ortho nitro benzene ring substituents is 1. The fraction of sp³-hybridized carbons (Fsp3) is 0.120. The molecule has 1 aromatic heterocycles. The van der Waals surface area contributed by atoms with Crippen molar-refractivity contribution in [1.82, 2.24) is 4.57 Å². The molecule has 160 valence electrons. The van der Waals surface area contributed by atoms with Gasteiger partial charge >= 0.3 is 0 Å². The van der Waals surface area contributed by atoms with Crippen LogP contribution in [0.3, 0.4) is 0 Å². The van der Waals surface area contributed by atoms with Gasteiger partial charge in [0.15, 0.2) is 4.80 Å². The molecule has 0 atom stereocenters. The molecule has 0 fully saturated rings. The Bertz CT molecular complexity index is 1400. The first-order valence-electron chi connectivity index (χ1n) is 10.0. The number of nitro groups is 1. The smallest absolute Gasteiger partial charge is 0.279 e. The van der Waals surface area contributed by atoms with Gasteiger partial charge in [-0.2, -0.15) is 4.99 Å². The molecule has 3 aromatic carbocycles. The summed E-state index contributed by atoms with van der Waals surface area (Å²) in [6.45, 7) is 4.15. The van der Waals surface area contributed by atoms with E-state index in [2.05, 4.69) is 37.0 Å². The highest BCUT2D eigenvalue weighted by atomic mass is 32.1. The number of hydrogen-bond acceptors (Lipinski definition) is 4. The Labute approximate surface area is 189 Å². The highest BCUT2D eigenvalue weighted by Crippen LogP contribution is 2.35. The van der Waals surface area contributed by atoms with Gasteiger partial charge in [0.05, 0.1) is 15.5 Å².